The van der Waals surface area contributed by atoms with Crippen molar-refractivity contribution in [2.75, 3.05) is 39.6 Å². The molecule has 0 atom stereocenters. The van der Waals surface area contributed by atoms with Crippen molar-refractivity contribution in [2.24, 2.45) is 11.3 Å². The van der Waals surface area contributed by atoms with Crippen LogP contribution in [-0.4, -0.2) is 75.5 Å². The Bertz CT molecular complexity index is 1790. The molecular weight excluding hydrogens is 767 g/mol. The van der Waals surface area contributed by atoms with E-state index in [2.05, 4.69) is 20.1 Å². The van der Waals surface area contributed by atoms with Gasteiger partial charge in [0, 0.05) is 22.3 Å². The van der Waals surface area contributed by atoms with Crippen molar-refractivity contribution in [3.63, 3.8) is 0 Å². The van der Waals surface area contributed by atoms with Crippen LogP contribution in [0.2, 0.25) is 0 Å². The van der Waals surface area contributed by atoms with E-state index in [1.807, 2.05) is 6.07 Å². The third-order valence-corrected chi connectivity index (χ3v) is 9.91. The Kier molecular flexibility index (Phi) is 19.3. The second-order valence-corrected chi connectivity index (χ2v) is 14.9. The number of hydrogen-bond donors (Lipinski definition) is 0. The minimum absolute atomic E-state index is 0.0156. The molecule has 1 aliphatic carbocycles. The third kappa shape index (κ3) is 15.0. The Labute approximate surface area is 345 Å². The first kappa shape index (κ1) is 47.8. The molecule has 0 saturated heterocycles. The number of halogens is 1. The zero-order valence-electron chi connectivity index (χ0n) is 34.8. The summed E-state index contributed by atoms with van der Waals surface area (Å²) in [6.07, 6.45) is 9.17. The molecule has 2 aromatic carbocycles. The van der Waals surface area contributed by atoms with Gasteiger partial charge >= 0.3 is 35.8 Å². The highest BCUT2D eigenvalue weighted by molar-refractivity contribution is 6.30. The molecule has 322 valence electrons. The number of esters is 6. The molecule has 1 saturated carbocycles. The first-order chi connectivity index (χ1) is 28.1. The number of ether oxygens (including phenoxy) is 7. The summed E-state index contributed by atoms with van der Waals surface area (Å²) >= 11 is 0. The van der Waals surface area contributed by atoms with E-state index in [0.29, 0.717) is 17.0 Å². The van der Waals surface area contributed by atoms with Gasteiger partial charge in [-0.15, -0.1) is 0 Å². The summed E-state index contributed by atoms with van der Waals surface area (Å²) in [7, 11) is 0. The summed E-state index contributed by atoms with van der Waals surface area (Å²) in [6.45, 7) is 12.1. The van der Waals surface area contributed by atoms with Crippen molar-refractivity contribution < 1.29 is 66.3 Å². The molecule has 3 rings (SSSR count). The van der Waals surface area contributed by atoms with E-state index in [4.69, 9.17) is 33.2 Å². The number of rotatable bonds is 21. The highest BCUT2D eigenvalue weighted by Crippen LogP contribution is 2.40. The van der Waals surface area contributed by atoms with Crippen LogP contribution in [0.5, 0.6) is 5.75 Å². The molecule has 1 aliphatic rings. The molecule has 0 aromatic heterocycles. The maximum absolute atomic E-state index is 16.1. The monoisotopic (exact) mass is 824 g/mol. The fourth-order valence-electron chi connectivity index (χ4n) is 6.54. The smallest absolute Gasteiger partial charge is 0.417 e. The Morgan fingerprint density at radius 3 is 1.69 bits per heavy atom. The lowest BCUT2D eigenvalue weighted by atomic mass is 9.77. The highest BCUT2D eigenvalue weighted by Gasteiger charge is 2.39. The van der Waals surface area contributed by atoms with Crippen LogP contribution in [0, 0.1) is 17.2 Å². The van der Waals surface area contributed by atoms with Gasteiger partial charge in [-0.1, -0.05) is 64.0 Å². The first-order valence-electron chi connectivity index (χ1n) is 20.0. The van der Waals surface area contributed by atoms with Gasteiger partial charge in [-0.25, -0.2) is 33.2 Å². The number of unbranched alkanes of at least 4 members (excludes halogenated alkanes) is 2. The summed E-state index contributed by atoms with van der Waals surface area (Å²) in [5.74, 6) is -6.27. The van der Waals surface area contributed by atoms with E-state index >= 15 is 4.39 Å². The molecule has 2 aromatic rings. The molecule has 0 spiro atoms. The second kappa shape index (κ2) is 23.8. The summed E-state index contributed by atoms with van der Waals surface area (Å²) < 4.78 is 52.8. The Morgan fingerprint density at radius 1 is 0.644 bits per heavy atom. The van der Waals surface area contributed by atoms with Gasteiger partial charge in [0.1, 0.15) is 50.0 Å². The van der Waals surface area contributed by atoms with Crippen LogP contribution in [-0.2, 0) is 63.8 Å². The van der Waals surface area contributed by atoms with Crippen molar-refractivity contribution in [1.82, 2.24) is 0 Å². The van der Waals surface area contributed by atoms with Gasteiger partial charge in [0.15, 0.2) is 0 Å². The van der Waals surface area contributed by atoms with Crippen LogP contribution in [0.3, 0.4) is 0 Å². The molecule has 14 heteroatoms. The van der Waals surface area contributed by atoms with E-state index in [1.165, 1.54) is 65.5 Å². The van der Waals surface area contributed by atoms with Gasteiger partial charge in [-0.05, 0) is 94.5 Å². The molecule has 0 radical (unpaired) electrons. The lowest BCUT2D eigenvalue weighted by Gasteiger charge is -2.31. The maximum atomic E-state index is 16.1. The molecule has 0 unspecified atom stereocenters. The molecule has 0 amide bonds. The molecule has 1 fully saturated rings. The standard InChI is InChI=1S/C45H57FO13/c1-8-11-12-13-31-14-16-32(17-15-31)33-18-20-37(38(46)23-33)36-21-19-35(22-34(36)24-55-39(47)29(4)5)56-25-45(26-57-40(48)30(6)7,27-58-43(51)41(49)53-9-2)28-59-44(52)42(50)54-10-3/h18-23,31-32H,4,6,8-17,24-28H2,1-3,5,7H3. The largest absolute Gasteiger partial charge is 0.493 e. The number of benzene rings is 2. The van der Waals surface area contributed by atoms with Crippen molar-refractivity contribution >= 4 is 35.8 Å². The van der Waals surface area contributed by atoms with Crippen LogP contribution >= 0.6 is 0 Å². The van der Waals surface area contributed by atoms with E-state index in [1.54, 1.807) is 18.2 Å². The van der Waals surface area contributed by atoms with E-state index in [9.17, 15) is 28.8 Å². The third-order valence-electron chi connectivity index (χ3n) is 9.91. The molecule has 0 heterocycles. The average Bonchev–Trinajstić information content (AvgIpc) is 3.22. The van der Waals surface area contributed by atoms with Crippen LogP contribution in [0.25, 0.3) is 11.1 Å². The Morgan fingerprint density at radius 2 is 1.17 bits per heavy atom. The van der Waals surface area contributed by atoms with Crippen LogP contribution in [0.15, 0.2) is 60.7 Å². The van der Waals surface area contributed by atoms with Gasteiger partial charge in [-0.3, -0.25) is 0 Å². The quantitative estimate of drug-likeness (QED) is 0.0396. The molecule has 13 nitrogen and oxygen atoms in total. The number of carbonyl (C=O) groups excluding carboxylic acids is 6. The maximum Gasteiger partial charge on any atom is 0.417 e. The fraction of sp³-hybridized carbons (Fsp3) is 0.511. The number of carbonyl (C=O) groups is 6. The summed E-state index contributed by atoms with van der Waals surface area (Å²) in [5, 5.41) is 0. The lowest BCUT2D eigenvalue weighted by Crippen LogP contribution is -2.45. The molecule has 0 aliphatic heterocycles. The predicted molar refractivity (Wildman–Crippen MR) is 214 cm³/mol. The fourth-order valence-corrected chi connectivity index (χ4v) is 6.54. The Hall–Kier alpha value is -5.53. The van der Waals surface area contributed by atoms with Crippen molar-refractivity contribution in [3.8, 4) is 16.9 Å². The molecule has 0 N–H and O–H groups in total. The molecule has 0 bridgehead atoms. The van der Waals surface area contributed by atoms with Crippen LogP contribution in [0.4, 0.5) is 4.39 Å². The topological polar surface area (TPSA) is 167 Å². The number of hydrogen-bond acceptors (Lipinski definition) is 13. The minimum Gasteiger partial charge on any atom is -0.493 e. The predicted octanol–water partition coefficient (Wildman–Crippen LogP) is 7.66. The second-order valence-electron chi connectivity index (χ2n) is 14.9. The normalized spacial score (nSPS) is 14.9. The van der Waals surface area contributed by atoms with E-state index < -0.39 is 73.5 Å². The van der Waals surface area contributed by atoms with Gasteiger partial charge in [0.2, 0.25) is 0 Å². The lowest BCUT2D eigenvalue weighted by molar-refractivity contribution is -0.178. The van der Waals surface area contributed by atoms with Crippen molar-refractivity contribution in [2.45, 2.75) is 98.5 Å². The Balaban J connectivity index is 1.97. The molecule has 59 heavy (non-hydrogen) atoms. The van der Waals surface area contributed by atoms with Gasteiger partial charge in [-0.2, -0.15) is 0 Å². The van der Waals surface area contributed by atoms with E-state index in [0.717, 1.165) is 31.2 Å². The summed E-state index contributed by atoms with van der Waals surface area (Å²) in [5.41, 5.74) is 0.413. The van der Waals surface area contributed by atoms with Gasteiger partial charge in [0.25, 0.3) is 0 Å². The van der Waals surface area contributed by atoms with Crippen LogP contribution < -0.4 is 4.74 Å². The zero-order chi connectivity index (χ0) is 43.5. The minimum atomic E-state index is -1.74. The SMILES string of the molecule is C=C(C)C(=O)OCc1cc(OCC(COC(=O)C(=C)C)(COC(=O)C(=O)OCC)COC(=O)C(=O)OCC)ccc1-c1ccc(C2CCC(CCCCC)CC2)cc1F. The van der Waals surface area contributed by atoms with Crippen molar-refractivity contribution in [1.29, 1.82) is 0 Å². The first-order valence-corrected chi connectivity index (χ1v) is 20.0. The highest BCUT2D eigenvalue weighted by atomic mass is 19.1. The van der Waals surface area contributed by atoms with Crippen LogP contribution in [0.1, 0.15) is 103 Å². The van der Waals surface area contributed by atoms with E-state index in [-0.39, 0.29) is 48.2 Å². The summed E-state index contributed by atoms with van der Waals surface area (Å²) in [6, 6.07) is 9.84. The molecular formula is C45H57FO13. The van der Waals surface area contributed by atoms with Crippen molar-refractivity contribution in [3.05, 3.63) is 77.6 Å². The average molecular weight is 825 g/mol. The zero-order valence-corrected chi connectivity index (χ0v) is 34.8. The summed E-state index contributed by atoms with van der Waals surface area (Å²) in [4.78, 5) is 74.2. The van der Waals surface area contributed by atoms with Gasteiger partial charge < -0.3 is 33.2 Å². The van der Waals surface area contributed by atoms with Gasteiger partial charge in [0.05, 0.1) is 13.2 Å².